The second-order valence-electron chi connectivity index (χ2n) is 9.64. The normalized spacial score (nSPS) is 17.1. The first-order chi connectivity index (χ1) is 17.4. The fraction of sp³-hybridized carbons (Fsp3) is 0.0333. The van der Waals surface area contributed by atoms with Gasteiger partial charge in [-0.15, -0.1) is 0 Å². The molecule has 4 aromatic carbocycles. The highest BCUT2D eigenvalue weighted by molar-refractivity contribution is 7.99. The summed E-state index contributed by atoms with van der Waals surface area (Å²) in [5, 5.41) is 2.91. The molecule has 0 saturated carbocycles. The van der Waals surface area contributed by atoms with Gasteiger partial charge in [0.05, 0.1) is 11.4 Å². The predicted molar refractivity (Wildman–Crippen MR) is 145 cm³/mol. The zero-order valence-corrected chi connectivity index (χ0v) is 20.6. The van der Waals surface area contributed by atoms with Crippen LogP contribution in [0.4, 0.5) is 17.1 Å². The Hall–Kier alpha value is -3.54. The highest BCUT2D eigenvalue weighted by Crippen LogP contribution is 2.52. The lowest BCUT2D eigenvalue weighted by Crippen LogP contribution is -2.71. The monoisotopic (exact) mass is 477 g/mol. The zero-order chi connectivity index (χ0) is 22.7. The highest BCUT2D eigenvalue weighted by Gasteiger charge is 2.49. The molecule has 1 atom stereocenters. The number of pyridine rings is 1. The van der Waals surface area contributed by atoms with Gasteiger partial charge in [-0.2, -0.15) is 4.57 Å². The van der Waals surface area contributed by atoms with Gasteiger partial charge < -0.3 is 4.90 Å². The molecule has 0 fully saturated rings. The summed E-state index contributed by atoms with van der Waals surface area (Å²) >= 11 is 1.91. The standard InChI is InChI=1S/C30H18BN2SSi/c1-2-13-23-21(11-1)33-22-12-5-8-18-28(22)31(20-10-6-14-24(34-23)30(20)33)19-9-7-15-25-27(19)29(18)32-17-4-3-16-26(32)35-25/h1-17,29H/q+1. The van der Waals surface area contributed by atoms with Crippen LogP contribution < -0.4 is 36.4 Å². The van der Waals surface area contributed by atoms with Gasteiger partial charge in [0.1, 0.15) is 0 Å². The van der Waals surface area contributed by atoms with Gasteiger partial charge in [-0.05, 0) is 46.4 Å². The first-order valence-corrected chi connectivity index (χ1v) is 13.9. The second kappa shape index (κ2) is 6.57. The fourth-order valence-electron chi connectivity index (χ4n) is 6.73. The molecule has 5 heterocycles. The molecule has 0 saturated heterocycles. The summed E-state index contributed by atoms with van der Waals surface area (Å²) in [5.74, 6) is 0. The third kappa shape index (κ3) is 2.26. The van der Waals surface area contributed by atoms with Gasteiger partial charge in [0.2, 0.25) is 22.3 Å². The smallest absolute Gasteiger partial charge is 0.248 e. The maximum Gasteiger partial charge on any atom is 0.248 e. The van der Waals surface area contributed by atoms with Crippen LogP contribution >= 0.6 is 11.8 Å². The Morgan fingerprint density at radius 3 is 2.54 bits per heavy atom. The van der Waals surface area contributed by atoms with Crippen LogP contribution in [0.15, 0.2) is 113 Å². The van der Waals surface area contributed by atoms with Crippen LogP contribution in [0.5, 0.6) is 0 Å². The van der Waals surface area contributed by atoms with Crippen LogP contribution in [-0.4, -0.2) is 16.2 Å². The van der Waals surface area contributed by atoms with E-state index in [2.05, 4.69) is 113 Å². The third-order valence-corrected chi connectivity index (χ3v) is 10.5. The average Bonchev–Trinajstić information content (AvgIpc) is 2.91. The van der Waals surface area contributed by atoms with Crippen molar-refractivity contribution in [2.45, 2.75) is 15.8 Å². The molecule has 0 bridgehead atoms. The van der Waals surface area contributed by atoms with E-state index in [4.69, 9.17) is 0 Å². The van der Waals surface area contributed by atoms with E-state index in [-0.39, 0.29) is 12.8 Å². The Balaban J connectivity index is 1.43. The van der Waals surface area contributed by atoms with E-state index in [0.29, 0.717) is 9.52 Å². The molecule has 35 heavy (non-hydrogen) atoms. The van der Waals surface area contributed by atoms with Crippen LogP contribution in [0.1, 0.15) is 17.2 Å². The minimum Gasteiger partial charge on any atom is -0.309 e. The predicted octanol–water partition coefficient (Wildman–Crippen LogP) is 2.66. The Morgan fingerprint density at radius 2 is 1.54 bits per heavy atom. The number of aromatic nitrogens is 1. The minimum absolute atomic E-state index is 0.226. The van der Waals surface area contributed by atoms with Crippen LogP contribution in [0, 0.1) is 0 Å². The van der Waals surface area contributed by atoms with Crippen LogP contribution in [-0.2, 0) is 0 Å². The highest BCUT2D eigenvalue weighted by atomic mass is 32.2. The summed E-state index contributed by atoms with van der Waals surface area (Å²) < 4.78 is 2.53. The van der Waals surface area contributed by atoms with Crippen molar-refractivity contribution in [1.82, 2.24) is 0 Å². The van der Waals surface area contributed by atoms with E-state index in [9.17, 15) is 0 Å². The first-order valence-electron chi connectivity index (χ1n) is 12.1. The number of hydrogen-bond donors (Lipinski definition) is 0. The Morgan fingerprint density at radius 1 is 0.743 bits per heavy atom. The summed E-state index contributed by atoms with van der Waals surface area (Å²) in [6.07, 6.45) is 2.29. The van der Waals surface area contributed by atoms with Gasteiger partial charge in [0, 0.05) is 32.7 Å². The lowest BCUT2D eigenvalue weighted by Gasteiger charge is -2.44. The molecule has 5 aromatic rings. The van der Waals surface area contributed by atoms with Gasteiger partial charge >= 0.3 is 0 Å². The van der Waals surface area contributed by atoms with E-state index in [1.807, 2.05) is 11.8 Å². The number of anilines is 3. The van der Waals surface area contributed by atoms with Gasteiger partial charge in [-0.25, -0.2) is 0 Å². The van der Waals surface area contributed by atoms with Crippen molar-refractivity contribution in [3.05, 3.63) is 114 Å². The average molecular weight is 477 g/mol. The molecule has 4 aliphatic heterocycles. The maximum absolute atomic E-state index is 2.54. The molecule has 2 radical (unpaired) electrons. The van der Waals surface area contributed by atoms with Gasteiger partial charge in [0.15, 0.2) is 11.5 Å². The molecule has 2 nitrogen and oxygen atoms in total. The quantitative estimate of drug-likeness (QED) is 0.245. The van der Waals surface area contributed by atoms with Crippen LogP contribution in [0.25, 0.3) is 0 Å². The summed E-state index contributed by atoms with van der Waals surface area (Å²) in [6, 6.07) is 36.7. The summed E-state index contributed by atoms with van der Waals surface area (Å²) in [6.45, 7) is 0.264. The molecule has 160 valence electrons. The molecular formula is C30H18BN2SSi+. The summed E-state index contributed by atoms with van der Waals surface area (Å²) in [7, 11) is 0.688. The number of fused-ring (bicyclic) bond motifs is 8. The van der Waals surface area contributed by atoms with Crippen molar-refractivity contribution in [2.24, 2.45) is 0 Å². The van der Waals surface area contributed by atoms with Gasteiger partial charge in [0.25, 0.3) is 0 Å². The topological polar surface area (TPSA) is 7.12 Å². The number of nitrogens with zero attached hydrogens (tertiary/aromatic N) is 2. The molecule has 1 unspecified atom stereocenters. The van der Waals surface area contributed by atoms with Crippen molar-refractivity contribution in [1.29, 1.82) is 0 Å². The zero-order valence-electron chi connectivity index (χ0n) is 18.8. The SMILES string of the molecule is c1ccc2c(c1)Sc1cccc3c1N2c1cccc2c1B3c1cccc3c1C2[n+]1ccccc1[Si]3. The van der Waals surface area contributed by atoms with E-state index in [0.717, 1.165) is 0 Å². The van der Waals surface area contributed by atoms with Crippen molar-refractivity contribution in [3.63, 3.8) is 0 Å². The van der Waals surface area contributed by atoms with Crippen molar-refractivity contribution in [3.8, 4) is 0 Å². The molecule has 5 heteroatoms. The maximum atomic E-state index is 2.54. The van der Waals surface area contributed by atoms with Crippen molar-refractivity contribution in [2.75, 3.05) is 4.90 Å². The summed E-state index contributed by atoms with van der Waals surface area (Å²) in [4.78, 5) is 5.22. The fourth-order valence-corrected chi connectivity index (χ4v) is 9.21. The molecule has 0 amide bonds. The first kappa shape index (κ1) is 18.7. The van der Waals surface area contributed by atoms with E-state index < -0.39 is 0 Å². The summed E-state index contributed by atoms with van der Waals surface area (Å²) in [5.41, 5.74) is 11.4. The lowest BCUT2D eigenvalue weighted by molar-refractivity contribution is -0.688. The Labute approximate surface area is 211 Å². The van der Waals surface area contributed by atoms with Gasteiger partial charge in [-0.1, -0.05) is 77.9 Å². The van der Waals surface area contributed by atoms with E-state index >= 15 is 0 Å². The molecule has 1 aromatic heterocycles. The Kier molecular flexibility index (Phi) is 3.52. The Bertz CT molecular complexity index is 1630. The minimum atomic E-state index is 0.226. The molecular weight excluding hydrogens is 459 g/mol. The molecule has 0 N–H and O–H groups in total. The second-order valence-corrected chi connectivity index (χ2v) is 12.0. The largest absolute Gasteiger partial charge is 0.309 e. The number of hydrogen-bond acceptors (Lipinski definition) is 2. The number of rotatable bonds is 0. The molecule has 0 aliphatic carbocycles. The lowest BCUT2D eigenvalue weighted by atomic mass is 9.31. The van der Waals surface area contributed by atoms with Gasteiger partial charge in [-0.3, -0.25) is 0 Å². The molecule has 9 rings (SSSR count). The van der Waals surface area contributed by atoms with E-state index in [1.165, 1.54) is 64.9 Å². The van der Waals surface area contributed by atoms with E-state index in [1.54, 1.807) is 0 Å². The van der Waals surface area contributed by atoms with Crippen molar-refractivity contribution < 1.29 is 4.57 Å². The van der Waals surface area contributed by atoms with Crippen molar-refractivity contribution >= 4 is 71.9 Å². The van der Waals surface area contributed by atoms with Crippen LogP contribution in [0.3, 0.4) is 0 Å². The number of para-hydroxylation sites is 2. The number of benzene rings is 4. The molecule has 4 aliphatic rings. The third-order valence-electron chi connectivity index (χ3n) is 7.99. The molecule has 0 spiro atoms. The van der Waals surface area contributed by atoms with Crippen LogP contribution in [0.2, 0.25) is 0 Å².